The van der Waals surface area contributed by atoms with Gasteiger partial charge in [0, 0.05) is 5.56 Å². The van der Waals surface area contributed by atoms with Crippen LogP contribution in [0, 0.1) is 0 Å². The largest absolute Gasteiger partial charge is 0.457 e. The zero-order valence-corrected chi connectivity index (χ0v) is 14.7. The minimum Gasteiger partial charge on any atom is -0.457 e. The van der Waals surface area contributed by atoms with E-state index in [4.69, 9.17) is 19.8 Å². The molecule has 1 fully saturated rings. The van der Waals surface area contributed by atoms with Crippen molar-refractivity contribution in [3.8, 4) is 0 Å². The number of hydrogen-bond acceptors (Lipinski definition) is 7. The molecule has 2 aromatic rings. The number of rotatable bonds is 4. The number of carbonyl (C=O) groups is 2. The van der Waals surface area contributed by atoms with E-state index in [0.29, 0.717) is 0 Å². The van der Waals surface area contributed by atoms with E-state index in [9.17, 15) is 22.8 Å². The van der Waals surface area contributed by atoms with Crippen LogP contribution in [0.3, 0.4) is 0 Å². The zero-order chi connectivity index (χ0) is 20.7. The summed E-state index contributed by atoms with van der Waals surface area (Å²) in [6.07, 6.45) is -3.44. The molecule has 11 heteroatoms. The van der Waals surface area contributed by atoms with Gasteiger partial charge in [-0.2, -0.15) is 18.7 Å². The fourth-order valence-corrected chi connectivity index (χ4v) is 2.78. The van der Waals surface area contributed by atoms with Crippen LogP contribution in [0.5, 0.6) is 0 Å². The highest BCUT2D eigenvalue weighted by molar-refractivity contribution is 5.88. The first-order valence-corrected chi connectivity index (χ1v) is 7.97. The Morgan fingerprint density at radius 2 is 1.93 bits per heavy atom. The summed E-state index contributed by atoms with van der Waals surface area (Å²) in [5.41, 5.74) is 2.91. The van der Waals surface area contributed by atoms with Gasteiger partial charge < -0.3 is 15.0 Å². The quantitative estimate of drug-likeness (QED) is 0.812. The van der Waals surface area contributed by atoms with Gasteiger partial charge in [-0.1, -0.05) is 17.2 Å². The monoisotopic (exact) mass is 399 g/mol. The molecule has 1 saturated heterocycles. The van der Waals surface area contributed by atoms with Crippen molar-refractivity contribution in [1.82, 2.24) is 10.5 Å². The fraction of sp³-hybridized carbons (Fsp3) is 0.294. The molecule has 1 aliphatic heterocycles. The lowest BCUT2D eigenvalue weighted by atomic mass is 9.96. The summed E-state index contributed by atoms with van der Waals surface area (Å²) < 4.78 is 44.4. The highest BCUT2D eigenvalue weighted by Gasteiger charge is 2.60. The molecule has 150 valence electrons. The number of carbonyl (C=O) groups excluding carboxylic acids is 2. The molecule has 1 amide bonds. The first-order chi connectivity index (χ1) is 13.0. The minimum absolute atomic E-state index is 0.190. The van der Waals surface area contributed by atoms with Gasteiger partial charge in [-0.3, -0.25) is 9.63 Å². The van der Waals surface area contributed by atoms with E-state index >= 15 is 0 Å². The molecule has 1 aliphatic rings. The van der Waals surface area contributed by atoms with Gasteiger partial charge in [-0.15, -0.1) is 0 Å². The molecule has 0 bridgehead atoms. The first kappa shape index (κ1) is 19.9. The smallest absolute Gasteiger partial charge is 0.416 e. The Labute approximate surface area is 156 Å². The summed E-state index contributed by atoms with van der Waals surface area (Å²) in [5.74, 6) is -2.34. The van der Waals surface area contributed by atoms with Crippen molar-refractivity contribution < 1.29 is 36.9 Å². The average Bonchev–Trinajstić information content (AvgIpc) is 3.22. The molecule has 2 heterocycles. The van der Waals surface area contributed by atoms with Crippen LogP contribution in [0.25, 0.3) is 0 Å². The van der Waals surface area contributed by atoms with Crippen LogP contribution in [0.4, 0.5) is 13.2 Å². The third kappa shape index (κ3) is 3.23. The summed E-state index contributed by atoms with van der Waals surface area (Å²) in [4.78, 5) is 35.3. The summed E-state index contributed by atoms with van der Waals surface area (Å²) in [6.45, 7) is 2.85. The highest BCUT2D eigenvalue weighted by atomic mass is 19.4. The van der Waals surface area contributed by atoms with Crippen molar-refractivity contribution in [2.45, 2.75) is 31.4 Å². The van der Waals surface area contributed by atoms with Crippen LogP contribution in [0.1, 0.15) is 35.5 Å². The van der Waals surface area contributed by atoms with E-state index < -0.39 is 35.0 Å². The Morgan fingerprint density at radius 3 is 2.50 bits per heavy atom. The van der Waals surface area contributed by atoms with Gasteiger partial charge in [0.1, 0.15) is 0 Å². The number of halogens is 3. The molecular weight excluding hydrogens is 383 g/mol. The van der Waals surface area contributed by atoms with Crippen LogP contribution >= 0.6 is 0 Å². The highest BCUT2D eigenvalue weighted by Crippen LogP contribution is 2.41. The van der Waals surface area contributed by atoms with Gasteiger partial charge >= 0.3 is 12.1 Å². The topological polar surface area (TPSA) is 107 Å². The van der Waals surface area contributed by atoms with Gasteiger partial charge in [0.15, 0.2) is 5.72 Å². The third-order valence-electron chi connectivity index (χ3n) is 4.10. The summed E-state index contributed by atoms with van der Waals surface area (Å²) in [7, 11) is 0. The summed E-state index contributed by atoms with van der Waals surface area (Å²) in [6, 6.07) is 6.63. The number of primary amides is 1. The van der Waals surface area contributed by atoms with Gasteiger partial charge in [0.2, 0.25) is 11.4 Å². The number of nitrogens with two attached hydrogens (primary N) is 1. The standard InChI is InChI=1S/C17H16F3N3O5/c1-15(2)23(27-13(24)12-7-4-8-26-12)16(14(21)25,22-28-15)10-5-3-6-11(9-10)17(18,19)20/h3-9,22H,1-2H3,(H2,21,25). The number of furan rings is 1. The van der Waals surface area contributed by atoms with E-state index in [1.54, 1.807) is 0 Å². The third-order valence-corrected chi connectivity index (χ3v) is 4.10. The van der Waals surface area contributed by atoms with Crippen molar-refractivity contribution in [3.63, 3.8) is 0 Å². The number of benzene rings is 1. The molecule has 28 heavy (non-hydrogen) atoms. The number of hydrogen-bond donors (Lipinski definition) is 2. The fourth-order valence-electron chi connectivity index (χ4n) is 2.78. The number of amides is 1. The van der Waals surface area contributed by atoms with E-state index in [1.165, 1.54) is 38.3 Å². The summed E-state index contributed by atoms with van der Waals surface area (Å²) in [5, 5.41) is 0.767. The number of alkyl halides is 3. The van der Waals surface area contributed by atoms with E-state index in [2.05, 4.69) is 5.48 Å². The number of nitrogens with zero attached hydrogens (tertiary/aromatic N) is 1. The maximum absolute atomic E-state index is 13.1. The molecule has 0 radical (unpaired) electrons. The van der Waals surface area contributed by atoms with Crippen LogP contribution < -0.4 is 11.2 Å². The lowest BCUT2D eigenvalue weighted by Gasteiger charge is -2.36. The van der Waals surface area contributed by atoms with Crippen molar-refractivity contribution in [1.29, 1.82) is 0 Å². The normalized spacial score (nSPS) is 22.2. The predicted octanol–water partition coefficient (Wildman–Crippen LogP) is 2.28. The molecule has 1 atom stereocenters. The molecule has 1 unspecified atom stereocenters. The average molecular weight is 399 g/mol. The van der Waals surface area contributed by atoms with E-state index in [0.717, 1.165) is 23.3 Å². The Morgan fingerprint density at radius 1 is 1.21 bits per heavy atom. The van der Waals surface area contributed by atoms with Gasteiger partial charge in [-0.05, 0) is 38.1 Å². The van der Waals surface area contributed by atoms with Crippen molar-refractivity contribution in [3.05, 3.63) is 59.5 Å². The van der Waals surface area contributed by atoms with Crippen LogP contribution in [-0.2, 0) is 26.3 Å². The second-order valence-electron chi connectivity index (χ2n) is 6.45. The SMILES string of the molecule is CC1(C)ONC(C(N)=O)(c2cccc(C(F)(F)F)c2)N1OC(=O)c1ccco1. The Bertz CT molecular complexity index is 898. The lowest BCUT2D eigenvalue weighted by Crippen LogP contribution is -2.60. The molecule has 8 nitrogen and oxygen atoms in total. The molecule has 1 aromatic heterocycles. The maximum atomic E-state index is 13.1. The van der Waals surface area contributed by atoms with E-state index in [1.807, 2.05) is 0 Å². The first-order valence-electron chi connectivity index (χ1n) is 7.97. The van der Waals surface area contributed by atoms with Gasteiger partial charge in [0.05, 0.1) is 11.8 Å². The van der Waals surface area contributed by atoms with Gasteiger partial charge in [0.25, 0.3) is 5.91 Å². The summed E-state index contributed by atoms with van der Waals surface area (Å²) >= 11 is 0. The molecule has 0 aliphatic carbocycles. The molecule has 3 N–H and O–H groups in total. The molecular formula is C17H16F3N3O5. The zero-order valence-electron chi connectivity index (χ0n) is 14.7. The van der Waals surface area contributed by atoms with Crippen molar-refractivity contribution in [2.24, 2.45) is 5.73 Å². The second kappa shape index (κ2) is 6.62. The Hall–Kier alpha value is -2.89. The molecule has 3 rings (SSSR count). The minimum atomic E-state index is -4.67. The van der Waals surface area contributed by atoms with Crippen LogP contribution in [0.15, 0.2) is 47.1 Å². The molecule has 0 saturated carbocycles. The van der Waals surface area contributed by atoms with Crippen LogP contribution in [-0.4, -0.2) is 22.7 Å². The second-order valence-corrected chi connectivity index (χ2v) is 6.45. The predicted molar refractivity (Wildman–Crippen MR) is 86.6 cm³/mol. The number of hydroxylamine groups is 3. The molecule has 1 aromatic carbocycles. The Balaban J connectivity index is 2.10. The lowest BCUT2D eigenvalue weighted by molar-refractivity contribution is -0.239. The molecule has 0 spiro atoms. The van der Waals surface area contributed by atoms with Crippen molar-refractivity contribution in [2.75, 3.05) is 0 Å². The Kier molecular flexibility index (Phi) is 4.69. The maximum Gasteiger partial charge on any atom is 0.416 e. The van der Waals surface area contributed by atoms with Crippen LogP contribution in [0.2, 0.25) is 0 Å². The van der Waals surface area contributed by atoms with Gasteiger partial charge in [-0.25, -0.2) is 4.79 Å². The van der Waals surface area contributed by atoms with E-state index in [-0.39, 0.29) is 11.3 Å². The van der Waals surface area contributed by atoms with Crippen molar-refractivity contribution >= 4 is 11.9 Å². The number of nitrogens with one attached hydrogen (secondary N) is 1.